The highest BCUT2D eigenvalue weighted by atomic mass is 16.6. The van der Waals surface area contributed by atoms with E-state index < -0.39 is 124 Å². The van der Waals surface area contributed by atoms with Gasteiger partial charge in [-0.15, -0.1) is 0 Å². The zero-order valence-electron chi connectivity index (χ0n) is 36.9. The molecule has 17 nitrogen and oxygen atoms in total. The molecule has 1 aliphatic heterocycles. The van der Waals surface area contributed by atoms with Gasteiger partial charge in [0.2, 0.25) is 5.78 Å². The smallest absolute Gasteiger partial charge is 0.414 e. The minimum absolute atomic E-state index is 0.0253. The van der Waals surface area contributed by atoms with Crippen LogP contribution in [0.3, 0.4) is 0 Å². The minimum Gasteiger partial charge on any atom is -0.460 e. The molecule has 3 fully saturated rings. The second kappa shape index (κ2) is 16.8. The summed E-state index contributed by atoms with van der Waals surface area (Å²) in [6.45, 7) is 15.2. The average molecular weight is 857 g/mol. The number of hydrogen-bond donors (Lipinski definition) is 4. The third-order valence-electron chi connectivity index (χ3n) is 12.5. The van der Waals surface area contributed by atoms with Gasteiger partial charge in [0, 0.05) is 45.2 Å². The lowest BCUT2D eigenvalue weighted by Gasteiger charge is -2.67. The monoisotopic (exact) mass is 856 g/mol. The summed E-state index contributed by atoms with van der Waals surface area (Å²) >= 11 is 0. The van der Waals surface area contributed by atoms with E-state index in [2.05, 4.69) is 5.32 Å². The Kier molecular flexibility index (Phi) is 13.0. The van der Waals surface area contributed by atoms with Gasteiger partial charge in [-0.1, -0.05) is 50.6 Å². The van der Waals surface area contributed by atoms with Gasteiger partial charge in [-0.3, -0.25) is 9.59 Å². The zero-order valence-corrected chi connectivity index (χ0v) is 36.9. The van der Waals surface area contributed by atoms with Crippen LogP contribution in [0.4, 0.5) is 9.59 Å². The van der Waals surface area contributed by atoms with Gasteiger partial charge in [-0.25, -0.2) is 19.2 Å². The molecule has 1 aromatic carbocycles. The van der Waals surface area contributed by atoms with Gasteiger partial charge in [0.15, 0.2) is 17.5 Å². The maximum atomic E-state index is 15.6. The summed E-state index contributed by atoms with van der Waals surface area (Å²) in [5.74, 6) is -7.12. The van der Waals surface area contributed by atoms with E-state index in [4.69, 9.17) is 28.4 Å². The molecule has 1 aromatic rings. The number of fused-ring (bicyclic) bond motifs is 5. The Labute approximate surface area is 355 Å². The van der Waals surface area contributed by atoms with Crippen molar-refractivity contribution in [1.29, 1.82) is 0 Å². The van der Waals surface area contributed by atoms with E-state index in [1.807, 2.05) is 0 Å². The molecule has 17 heteroatoms. The van der Waals surface area contributed by atoms with Crippen molar-refractivity contribution in [3.63, 3.8) is 0 Å². The summed E-state index contributed by atoms with van der Waals surface area (Å²) in [5.41, 5.74) is -8.24. The van der Waals surface area contributed by atoms with Crippen molar-refractivity contribution in [2.75, 3.05) is 20.7 Å². The lowest BCUT2D eigenvalue weighted by Crippen LogP contribution is -2.81. The van der Waals surface area contributed by atoms with E-state index in [0.29, 0.717) is 5.57 Å². The molecule has 1 heterocycles. The Morgan fingerprint density at radius 1 is 1.02 bits per heavy atom. The van der Waals surface area contributed by atoms with Crippen molar-refractivity contribution in [1.82, 2.24) is 10.2 Å². The van der Waals surface area contributed by atoms with Gasteiger partial charge in [-0.05, 0) is 59.2 Å². The predicted octanol–water partition coefficient (Wildman–Crippen LogP) is 3.76. The Balaban J connectivity index is 1.76. The number of carbonyl (C=O) groups is 6. The molecule has 0 aromatic heterocycles. The number of nitrogens with one attached hydrogen (secondary N) is 1. The Morgan fingerprint density at radius 3 is 2.16 bits per heavy atom. The van der Waals surface area contributed by atoms with Crippen LogP contribution in [0.5, 0.6) is 0 Å². The maximum absolute atomic E-state index is 15.6. The molecule has 1 unspecified atom stereocenters. The van der Waals surface area contributed by atoms with E-state index in [1.165, 1.54) is 39.2 Å². The first kappa shape index (κ1) is 47.2. The normalized spacial score (nSPS) is 32.4. The van der Waals surface area contributed by atoms with Gasteiger partial charge in [-0.2, -0.15) is 0 Å². The van der Waals surface area contributed by atoms with Crippen molar-refractivity contribution in [3.8, 4) is 0 Å². The van der Waals surface area contributed by atoms with Crippen molar-refractivity contribution in [2.45, 2.75) is 135 Å². The molecular weight excluding hydrogens is 796 g/mol. The largest absolute Gasteiger partial charge is 0.460 e. The van der Waals surface area contributed by atoms with Crippen LogP contribution in [0.15, 0.2) is 53.3 Å². The minimum atomic E-state index is -2.41. The quantitative estimate of drug-likeness (QED) is 0.157. The third-order valence-corrected chi connectivity index (χ3v) is 12.5. The number of allylic oxidation sites excluding steroid dienone is 2. The molecule has 4 aliphatic rings. The van der Waals surface area contributed by atoms with Crippen LogP contribution in [0.1, 0.15) is 92.4 Å². The first-order chi connectivity index (χ1) is 28.1. The molecule has 2 bridgehead atoms. The number of carbonyl (C=O) groups excluding carboxylic acids is 6. The Bertz CT molecular complexity index is 1980. The average Bonchev–Trinajstić information content (AvgIpc) is 3.14. The standard InChI is InChI=1S/C44H60N2O15/c1-22(2)18-26(45-38(53)61-40(5,6)7)31(49)37(52)57-27-20-44(55)35(59-36(51)25-16-14-13-15-17-25)33-42(10,28(48)19-29-43(33,21-56-29)60-24(4)47)34(50)32(58-39(54)46(11)12)30(23(27)3)41(44,8)9/h13-18,23,26-29,31,33,35,48-49,55H,19-21H2,1-12H3,(H,45,53)/t23?,26-,27-,28-,29+,31+,33-,35-,42+,43-,44+/m0/s1. The SMILES string of the molecule is CC(=O)O[C@@]12CO[C@@H]1C[C@H](O)[C@@]1(C)C(=O)C(OC(=O)N(C)C)=C3C(C)[C@@H](OC(=O)[C@H](O)[C@H](C=C(C)C)NC(=O)OC(C)(C)C)C[C@@](O)([C@@H](OC(=O)c4ccccc4)[C@H]21)C3(C)C. The van der Waals surface area contributed by atoms with E-state index >= 15 is 4.79 Å². The second-order valence-electron chi connectivity index (χ2n) is 18.8. The summed E-state index contributed by atoms with van der Waals surface area (Å²) in [5, 5.41) is 39.7. The highest BCUT2D eigenvalue weighted by Gasteiger charge is 2.78. The summed E-state index contributed by atoms with van der Waals surface area (Å²) in [6, 6.07) is 6.47. The summed E-state index contributed by atoms with van der Waals surface area (Å²) in [7, 11) is 2.77. The topological polar surface area (TPSA) is 234 Å². The first-order valence-corrected chi connectivity index (χ1v) is 20.3. The van der Waals surface area contributed by atoms with Crippen LogP contribution >= 0.6 is 0 Å². The molecule has 61 heavy (non-hydrogen) atoms. The van der Waals surface area contributed by atoms with Crippen LogP contribution in [-0.2, 0) is 42.8 Å². The number of esters is 3. The number of benzene rings is 1. The van der Waals surface area contributed by atoms with Crippen molar-refractivity contribution in [3.05, 3.63) is 58.9 Å². The molecule has 0 spiro atoms. The van der Waals surface area contributed by atoms with E-state index in [1.54, 1.807) is 73.6 Å². The molecule has 3 aliphatic carbocycles. The molecular formula is C44H60N2O15. The molecule has 336 valence electrons. The fourth-order valence-corrected chi connectivity index (χ4v) is 9.43. The van der Waals surface area contributed by atoms with Gasteiger partial charge < -0.3 is 54.0 Å². The number of amides is 2. The van der Waals surface area contributed by atoms with E-state index in [9.17, 15) is 39.3 Å². The fraction of sp³-hybridized carbons (Fsp3) is 0.636. The molecule has 1 saturated heterocycles. The van der Waals surface area contributed by atoms with E-state index in [0.717, 1.165) is 11.8 Å². The lowest BCUT2D eigenvalue weighted by molar-refractivity contribution is -0.345. The number of aliphatic hydroxyl groups is 3. The van der Waals surface area contributed by atoms with Crippen LogP contribution in [0, 0.1) is 22.7 Å². The van der Waals surface area contributed by atoms with E-state index in [-0.39, 0.29) is 24.2 Å². The van der Waals surface area contributed by atoms with Gasteiger partial charge in [0.1, 0.15) is 29.5 Å². The number of nitrogens with zero attached hydrogens (tertiary/aromatic N) is 1. The third kappa shape index (κ3) is 8.53. The van der Waals surface area contributed by atoms with Crippen LogP contribution < -0.4 is 5.32 Å². The molecule has 2 saturated carbocycles. The Hall–Kier alpha value is -4.84. The number of hydrogen-bond acceptors (Lipinski definition) is 15. The van der Waals surface area contributed by atoms with Gasteiger partial charge in [0.25, 0.3) is 0 Å². The number of rotatable bonds is 9. The molecule has 11 atom stereocenters. The highest BCUT2D eigenvalue weighted by Crippen LogP contribution is 2.65. The first-order valence-electron chi connectivity index (χ1n) is 20.3. The lowest BCUT2D eigenvalue weighted by atomic mass is 9.45. The van der Waals surface area contributed by atoms with Crippen molar-refractivity contribution >= 4 is 35.9 Å². The number of ether oxygens (including phenoxy) is 6. The summed E-state index contributed by atoms with van der Waals surface area (Å²) in [4.78, 5) is 84.3. The van der Waals surface area contributed by atoms with Crippen LogP contribution in [0.2, 0.25) is 0 Å². The number of ketones is 1. The molecule has 5 rings (SSSR count). The van der Waals surface area contributed by atoms with Gasteiger partial charge in [0.05, 0.1) is 35.6 Å². The zero-order chi connectivity index (χ0) is 45.8. The molecule has 0 radical (unpaired) electrons. The summed E-state index contributed by atoms with van der Waals surface area (Å²) < 4.78 is 35.7. The second-order valence-corrected chi connectivity index (χ2v) is 18.8. The number of aliphatic hydroxyl groups excluding tert-OH is 2. The van der Waals surface area contributed by atoms with Crippen LogP contribution in [0.25, 0.3) is 0 Å². The van der Waals surface area contributed by atoms with Crippen LogP contribution in [-0.4, -0.2) is 130 Å². The predicted molar refractivity (Wildman–Crippen MR) is 215 cm³/mol. The summed E-state index contributed by atoms with van der Waals surface area (Å²) in [6.07, 6.45) is -9.19. The highest BCUT2D eigenvalue weighted by molar-refractivity contribution is 6.02. The molecule has 4 N–H and O–H groups in total. The fourth-order valence-electron chi connectivity index (χ4n) is 9.43. The van der Waals surface area contributed by atoms with Gasteiger partial charge >= 0.3 is 30.1 Å². The molecule has 2 amide bonds. The van der Waals surface area contributed by atoms with Crippen molar-refractivity contribution < 1.29 is 72.5 Å². The Morgan fingerprint density at radius 2 is 1.64 bits per heavy atom. The van der Waals surface area contributed by atoms with Crippen molar-refractivity contribution in [2.24, 2.45) is 22.7 Å². The number of alkyl carbamates (subject to hydrolysis) is 1. The number of Topliss-reactive ketones (excluding diaryl/α,β-unsaturated/α-hetero) is 1. The maximum Gasteiger partial charge on any atom is 0.414 e.